The van der Waals surface area contributed by atoms with E-state index in [1.54, 1.807) is 11.3 Å². The first-order valence-electron chi connectivity index (χ1n) is 7.18. The number of nitrogens with zero attached hydrogens (tertiary/aromatic N) is 2. The van der Waals surface area contributed by atoms with Crippen LogP contribution in [0.15, 0.2) is 10.5 Å². The highest BCUT2D eigenvalue weighted by Gasteiger charge is 2.29. The smallest absolute Gasteiger partial charge is 0.191 e. The van der Waals surface area contributed by atoms with Crippen LogP contribution in [0.2, 0.25) is 0 Å². The third kappa shape index (κ3) is 4.38. The summed E-state index contributed by atoms with van der Waals surface area (Å²) in [7, 11) is 0. The first kappa shape index (κ1) is 15.6. The molecule has 2 N–H and O–H groups in total. The summed E-state index contributed by atoms with van der Waals surface area (Å²) in [5.41, 5.74) is 2.98. The van der Waals surface area contributed by atoms with Crippen molar-refractivity contribution in [2.45, 2.75) is 44.9 Å². The van der Waals surface area contributed by atoms with E-state index in [0.29, 0.717) is 11.3 Å². The number of hydrogen-bond acceptors (Lipinski definition) is 4. The van der Waals surface area contributed by atoms with Gasteiger partial charge in [-0.15, -0.1) is 11.3 Å². The zero-order chi connectivity index (χ0) is 14.4. The first-order valence-corrected chi connectivity index (χ1v) is 9.04. The number of rotatable bonds is 5. The van der Waals surface area contributed by atoms with Gasteiger partial charge in [0.05, 0.1) is 17.7 Å². The number of hydrogen-bond donors (Lipinski definition) is 2. The Kier molecular flexibility index (Phi) is 5.72. The van der Waals surface area contributed by atoms with Crippen molar-refractivity contribution in [1.82, 2.24) is 15.6 Å². The Morgan fingerprint density at radius 1 is 1.50 bits per heavy atom. The van der Waals surface area contributed by atoms with Crippen molar-refractivity contribution in [2.75, 3.05) is 18.8 Å². The van der Waals surface area contributed by atoms with Crippen LogP contribution in [-0.2, 0) is 6.54 Å². The summed E-state index contributed by atoms with van der Waals surface area (Å²) in [5, 5.41) is 6.81. The molecule has 0 spiro atoms. The minimum absolute atomic E-state index is 0.358. The lowest BCUT2D eigenvalue weighted by Gasteiger charge is -2.24. The number of guanidine groups is 1. The van der Waals surface area contributed by atoms with E-state index in [0.717, 1.165) is 24.7 Å². The predicted octanol–water partition coefficient (Wildman–Crippen LogP) is 2.79. The number of nitrogens with one attached hydrogen (secondary N) is 2. The molecule has 2 rings (SSSR count). The largest absolute Gasteiger partial charge is 0.357 e. The van der Waals surface area contributed by atoms with Crippen molar-refractivity contribution >= 4 is 29.1 Å². The average Bonchev–Trinajstić information content (AvgIpc) is 3.03. The standard InChI is InChI=1S/C14H24N4S2/c1-4-15-13(16-8-12-11(2)18-10-19-12)17-9-14(3)6-5-7-20-14/h10H,4-9H2,1-3H3,(H2,15,16,17). The molecule has 0 bridgehead atoms. The molecule has 4 nitrogen and oxygen atoms in total. The monoisotopic (exact) mass is 312 g/mol. The molecule has 1 aliphatic rings. The average molecular weight is 313 g/mol. The van der Waals surface area contributed by atoms with Gasteiger partial charge in [0, 0.05) is 22.7 Å². The van der Waals surface area contributed by atoms with Crippen molar-refractivity contribution in [3.8, 4) is 0 Å². The van der Waals surface area contributed by atoms with Crippen molar-refractivity contribution < 1.29 is 0 Å². The van der Waals surface area contributed by atoms with Gasteiger partial charge in [-0.3, -0.25) is 0 Å². The van der Waals surface area contributed by atoms with Gasteiger partial charge < -0.3 is 10.6 Å². The minimum atomic E-state index is 0.358. The predicted molar refractivity (Wildman–Crippen MR) is 89.8 cm³/mol. The molecule has 0 saturated carbocycles. The molecule has 0 aliphatic carbocycles. The Morgan fingerprint density at radius 2 is 2.35 bits per heavy atom. The van der Waals surface area contributed by atoms with Crippen LogP contribution in [0.3, 0.4) is 0 Å². The van der Waals surface area contributed by atoms with E-state index >= 15 is 0 Å². The van der Waals surface area contributed by atoms with Crippen LogP contribution in [0.4, 0.5) is 0 Å². The van der Waals surface area contributed by atoms with E-state index in [-0.39, 0.29) is 0 Å². The second-order valence-corrected chi connectivity index (χ2v) is 7.93. The first-order chi connectivity index (χ1) is 9.63. The molecule has 2 heterocycles. The molecule has 0 amide bonds. The SMILES string of the molecule is CCNC(=NCc1scnc1C)NCC1(C)CCCS1. The number of aliphatic imine (C=N–C) groups is 1. The minimum Gasteiger partial charge on any atom is -0.357 e. The Labute approximate surface area is 129 Å². The maximum absolute atomic E-state index is 4.66. The van der Waals surface area contributed by atoms with E-state index in [2.05, 4.69) is 46.2 Å². The second kappa shape index (κ2) is 7.31. The van der Waals surface area contributed by atoms with Gasteiger partial charge in [0.25, 0.3) is 0 Å². The molecule has 112 valence electrons. The molecule has 0 aromatic carbocycles. The zero-order valence-corrected chi connectivity index (χ0v) is 14.2. The molecule has 1 aliphatic heterocycles. The Bertz CT molecular complexity index is 450. The highest BCUT2D eigenvalue weighted by molar-refractivity contribution is 8.00. The van der Waals surface area contributed by atoms with Crippen LogP contribution in [0.25, 0.3) is 0 Å². The second-order valence-electron chi connectivity index (χ2n) is 5.31. The molecule has 1 fully saturated rings. The van der Waals surface area contributed by atoms with E-state index in [4.69, 9.17) is 0 Å². The molecular weight excluding hydrogens is 288 g/mol. The highest BCUT2D eigenvalue weighted by Crippen LogP contribution is 2.36. The summed E-state index contributed by atoms with van der Waals surface area (Å²) in [6.45, 7) is 9.05. The fourth-order valence-electron chi connectivity index (χ4n) is 2.22. The van der Waals surface area contributed by atoms with Crippen LogP contribution in [0.1, 0.15) is 37.3 Å². The van der Waals surface area contributed by atoms with Crippen LogP contribution >= 0.6 is 23.1 Å². The third-order valence-corrected chi connectivity index (χ3v) is 5.96. The molecule has 6 heteroatoms. The van der Waals surface area contributed by atoms with Crippen LogP contribution in [0.5, 0.6) is 0 Å². The lowest BCUT2D eigenvalue weighted by Crippen LogP contribution is -2.43. The van der Waals surface area contributed by atoms with Gasteiger partial charge in [0.2, 0.25) is 0 Å². The van der Waals surface area contributed by atoms with E-state index in [9.17, 15) is 0 Å². The lowest BCUT2D eigenvalue weighted by molar-refractivity contribution is 0.584. The summed E-state index contributed by atoms with van der Waals surface area (Å²) >= 11 is 3.74. The van der Waals surface area contributed by atoms with Crippen molar-refractivity contribution in [2.24, 2.45) is 4.99 Å². The zero-order valence-electron chi connectivity index (χ0n) is 12.5. The molecule has 1 aromatic heterocycles. The number of thioether (sulfide) groups is 1. The quantitative estimate of drug-likeness (QED) is 0.648. The fraction of sp³-hybridized carbons (Fsp3) is 0.714. The summed E-state index contributed by atoms with van der Waals surface area (Å²) in [4.78, 5) is 10.2. The summed E-state index contributed by atoms with van der Waals surface area (Å²) in [5.74, 6) is 2.19. The molecule has 1 saturated heterocycles. The van der Waals surface area contributed by atoms with Crippen molar-refractivity contribution in [3.05, 3.63) is 16.1 Å². The van der Waals surface area contributed by atoms with Crippen molar-refractivity contribution in [3.63, 3.8) is 0 Å². The van der Waals surface area contributed by atoms with Crippen LogP contribution in [0, 0.1) is 6.92 Å². The van der Waals surface area contributed by atoms with Crippen LogP contribution in [-0.4, -0.2) is 34.5 Å². The molecule has 1 unspecified atom stereocenters. The third-order valence-electron chi connectivity index (χ3n) is 3.50. The summed E-state index contributed by atoms with van der Waals surface area (Å²) in [6, 6.07) is 0. The summed E-state index contributed by atoms with van der Waals surface area (Å²) < 4.78 is 0.358. The van der Waals surface area contributed by atoms with E-state index in [1.165, 1.54) is 23.5 Å². The van der Waals surface area contributed by atoms with E-state index in [1.807, 2.05) is 12.4 Å². The number of aromatic nitrogens is 1. The number of aryl methyl sites for hydroxylation is 1. The van der Waals surface area contributed by atoms with Gasteiger partial charge in [0.1, 0.15) is 0 Å². The molecule has 0 radical (unpaired) electrons. The summed E-state index contributed by atoms with van der Waals surface area (Å²) in [6.07, 6.45) is 2.62. The van der Waals surface area contributed by atoms with Crippen LogP contribution < -0.4 is 10.6 Å². The van der Waals surface area contributed by atoms with Gasteiger partial charge >= 0.3 is 0 Å². The molecular formula is C14H24N4S2. The Hall–Kier alpha value is -0.750. The van der Waals surface area contributed by atoms with Gasteiger partial charge in [0.15, 0.2) is 5.96 Å². The van der Waals surface area contributed by atoms with Gasteiger partial charge in [-0.1, -0.05) is 0 Å². The van der Waals surface area contributed by atoms with Gasteiger partial charge in [-0.25, -0.2) is 9.98 Å². The lowest BCUT2D eigenvalue weighted by atomic mass is 10.1. The maximum Gasteiger partial charge on any atom is 0.191 e. The topological polar surface area (TPSA) is 49.3 Å². The van der Waals surface area contributed by atoms with Crippen molar-refractivity contribution in [1.29, 1.82) is 0 Å². The fourth-order valence-corrected chi connectivity index (χ4v) is 4.16. The highest BCUT2D eigenvalue weighted by atomic mass is 32.2. The number of thiazole rings is 1. The Balaban J connectivity index is 1.90. The normalized spacial score (nSPS) is 23.1. The maximum atomic E-state index is 4.66. The van der Waals surface area contributed by atoms with Gasteiger partial charge in [-0.05, 0) is 39.4 Å². The van der Waals surface area contributed by atoms with E-state index < -0.39 is 0 Å². The van der Waals surface area contributed by atoms with Gasteiger partial charge in [-0.2, -0.15) is 11.8 Å². The molecule has 20 heavy (non-hydrogen) atoms. The Morgan fingerprint density at radius 3 is 2.95 bits per heavy atom. The molecule has 1 aromatic rings. The molecule has 1 atom stereocenters.